The van der Waals surface area contributed by atoms with Crippen LogP contribution in [-0.4, -0.2) is 16.6 Å². The van der Waals surface area contributed by atoms with Gasteiger partial charge in [-0.05, 0) is 48.7 Å². The van der Waals surface area contributed by atoms with Gasteiger partial charge in [-0.3, -0.25) is 0 Å². The van der Waals surface area contributed by atoms with Gasteiger partial charge in [-0.1, -0.05) is 36.4 Å². The van der Waals surface area contributed by atoms with Crippen LogP contribution in [0.3, 0.4) is 0 Å². The van der Waals surface area contributed by atoms with Crippen LogP contribution in [0.5, 0.6) is 0 Å². The number of rotatable bonds is 4. The van der Waals surface area contributed by atoms with Gasteiger partial charge >= 0.3 is 0 Å². The van der Waals surface area contributed by atoms with Crippen LogP contribution in [0.25, 0.3) is 0 Å². The lowest BCUT2D eigenvalue weighted by molar-refractivity contribution is 0.573. The van der Waals surface area contributed by atoms with E-state index < -0.39 is 16.6 Å². The number of hydrogen-bond acceptors (Lipinski definition) is 3. The van der Waals surface area contributed by atoms with Crippen LogP contribution in [0.15, 0.2) is 48.5 Å². The standard InChI is InChI=1S/C16H24N2OSi2/c1-20(2,3)19-21(4,15-11-7-5-9-13(15)17)16-12-8-6-10-14(16)18/h5-12H,17-18H2,1-4H3. The lowest BCUT2D eigenvalue weighted by atomic mass is 10.3. The monoisotopic (exact) mass is 316 g/mol. The topological polar surface area (TPSA) is 61.3 Å². The molecule has 3 nitrogen and oxygen atoms in total. The molecule has 0 fully saturated rings. The Balaban J connectivity index is 2.66. The Morgan fingerprint density at radius 1 is 0.714 bits per heavy atom. The van der Waals surface area contributed by atoms with Crippen molar-refractivity contribution in [1.82, 2.24) is 0 Å². The number of benzene rings is 2. The minimum absolute atomic E-state index is 0.785. The average molecular weight is 317 g/mol. The predicted molar refractivity (Wildman–Crippen MR) is 97.0 cm³/mol. The van der Waals surface area contributed by atoms with Gasteiger partial charge in [-0.2, -0.15) is 0 Å². The molecule has 0 heterocycles. The zero-order valence-corrected chi connectivity index (χ0v) is 15.2. The summed E-state index contributed by atoms with van der Waals surface area (Å²) in [7, 11) is -4.17. The zero-order chi connectivity index (χ0) is 15.7. The molecule has 21 heavy (non-hydrogen) atoms. The molecule has 0 atom stereocenters. The summed E-state index contributed by atoms with van der Waals surface area (Å²) in [6, 6.07) is 16.0. The first-order valence-electron chi connectivity index (χ1n) is 7.14. The van der Waals surface area contributed by atoms with Crippen LogP contribution < -0.4 is 21.8 Å². The van der Waals surface area contributed by atoms with E-state index in [1.165, 1.54) is 0 Å². The molecule has 0 radical (unpaired) electrons. The summed E-state index contributed by atoms with van der Waals surface area (Å²) >= 11 is 0. The van der Waals surface area contributed by atoms with Gasteiger partial charge in [0.25, 0.3) is 0 Å². The van der Waals surface area contributed by atoms with Gasteiger partial charge in [0.15, 0.2) is 8.32 Å². The highest BCUT2D eigenvalue weighted by Gasteiger charge is 2.40. The summed E-state index contributed by atoms with van der Waals surface area (Å²) in [6.45, 7) is 8.81. The summed E-state index contributed by atoms with van der Waals surface area (Å²) in [5, 5.41) is 2.20. The number of nitrogen functional groups attached to an aromatic ring is 2. The Morgan fingerprint density at radius 3 is 1.43 bits per heavy atom. The van der Waals surface area contributed by atoms with Gasteiger partial charge in [0.05, 0.1) is 0 Å². The summed E-state index contributed by atoms with van der Waals surface area (Å²) in [6.07, 6.45) is 0. The van der Waals surface area contributed by atoms with Crippen molar-refractivity contribution in [2.24, 2.45) is 0 Å². The van der Waals surface area contributed by atoms with Gasteiger partial charge in [-0.15, -0.1) is 0 Å². The maximum atomic E-state index is 6.68. The van der Waals surface area contributed by atoms with E-state index in [4.69, 9.17) is 15.6 Å². The molecular weight excluding hydrogens is 292 g/mol. The van der Waals surface area contributed by atoms with Crippen LogP contribution in [-0.2, 0) is 4.12 Å². The predicted octanol–water partition coefficient (Wildman–Crippen LogP) is 2.39. The van der Waals surface area contributed by atoms with Crippen molar-refractivity contribution in [3.05, 3.63) is 48.5 Å². The minimum Gasteiger partial charge on any atom is -0.449 e. The van der Waals surface area contributed by atoms with E-state index in [1.54, 1.807) is 0 Å². The van der Waals surface area contributed by atoms with Crippen molar-refractivity contribution < 1.29 is 4.12 Å². The molecule has 2 aromatic carbocycles. The van der Waals surface area contributed by atoms with E-state index in [9.17, 15) is 0 Å². The van der Waals surface area contributed by atoms with Crippen molar-refractivity contribution in [2.45, 2.75) is 26.2 Å². The van der Waals surface area contributed by atoms with Crippen molar-refractivity contribution in [1.29, 1.82) is 0 Å². The third-order valence-electron chi connectivity index (χ3n) is 3.46. The fraction of sp³-hybridized carbons (Fsp3) is 0.250. The second-order valence-corrected chi connectivity index (χ2v) is 14.6. The first kappa shape index (κ1) is 15.8. The number of hydrogen-bond donors (Lipinski definition) is 2. The Hall–Kier alpha value is -1.57. The van der Waals surface area contributed by atoms with Crippen LogP contribution >= 0.6 is 0 Å². The Labute approximate surface area is 129 Å². The molecule has 0 saturated heterocycles. The zero-order valence-electron chi connectivity index (χ0n) is 13.2. The van der Waals surface area contributed by atoms with Crippen LogP contribution in [0, 0.1) is 0 Å². The summed E-state index contributed by atoms with van der Waals surface area (Å²) in [5.41, 5.74) is 14.1. The summed E-state index contributed by atoms with van der Waals surface area (Å²) < 4.78 is 6.68. The molecule has 0 spiro atoms. The molecule has 0 aliphatic heterocycles. The number of para-hydroxylation sites is 2. The highest BCUT2D eigenvalue weighted by atomic mass is 28.4. The van der Waals surface area contributed by atoms with E-state index in [0.717, 1.165) is 21.7 Å². The molecule has 2 rings (SSSR count). The maximum Gasteiger partial charge on any atom is 0.246 e. The number of nitrogens with two attached hydrogens (primary N) is 2. The van der Waals surface area contributed by atoms with E-state index in [0.29, 0.717) is 0 Å². The lowest BCUT2D eigenvalue weighted by Crippen LogP contribution is -2.63. The smallest absolute Gasteiger partial charge is 0.246 e. The maximum absolute atomic E-state index is 6.68. The molecule has 0 aliphatic rings. The lowest BCUT2D eigenvalue weighted by Gasteiger charge is -2.36. The molecule has 0 unspecified atom stereocenters. The molecular formula is C16H24N2OSi2. The van der Waals surface area contributed by atoms with Gasteiger partial charge in [0, 0.05) is 11.4 Å². The van der Waals surface area contributed by atoms with Gasteiger partial charge < -0.3 is 15.6 Å². The van der Waals surface area contributed by atoms with E-state index in [-0.39, 0.29) is 0 Å². The SMILES string of the molecule is C[Si](C)(C)O[Si](C)(c1ccccc1N)c1ccccc1N. The first-order chi connectivity index (χ1) is 9.74. The Bertz CT molecular complexity index is 593. The molecule has 5 heteroatoms. The third kappa shape index (κ3) is 3.37. The highest BCUT2D eigenvalue weighted by molar-refractivity contribution is 7.02. The van der Waals surface area contributed by atoms with Crippen LogP contribution in [0.2, 0.25) is 26.2 Å². The van der Waals surface area contributed by atoms with E-state index in [2.05, 4.69) is 38.3 Å². The fourth-order valence-electron chi connectivity index (χ4n) is 2.73. The van der Waals surface area contributed by atoms with Crippen LogP contribution in [0.1, 0.15) is 0 Å². The first-order valence-corrected chi connectivity index (χ1v) is 13.0. The third-order valence-corrected chi connectivity index (χ3v) is 10.5. The van der Waals surface area contributed by atoms with Crippen molar-refractivity contribution in [2.75, 3.05) is 11.5 Å². The Morgan fingerprint density at radius 2 is 1.10 bits per heavy atom. The van der Waals surface area contributed by atoms with Gasteiger partial charge in [0.2, 0.25) is 8.32 Å². The molecule has 4 N–H and O–H groups in total. The van der Waals surface area contributed by atoms with Crippen molar-refractivity contribution in [3.8, 4) is 0 Å². The average Bonchev–Trinajstić information content (AvgIpc) is 2.37. The van der Waals surface area contributed by atoms with Crippen LogP contribution in [0.4, 0.5) is 11.4 Å². The van der Waals surface area contributed by atoms with Crippen molar-refractivity contribution >= 4 is 38.4 Å². The molecule has 2 aromatic rings. The molecule has 0 aliphatic carbocycles. The fourth-order valence-corrected chi connectivity index (χ4v) is 10.9. The molecule has 0 bridgehead atoms. The van der Waals surface area contributed by atoms with E-state index >= 15 is 0 Å². The second kappa shape index (κ2) is 5.67. The molecule has 0 amide bonds. The largest absolute Gasteiger partial charge is 0.449 e. The molecule has 112 valence electrons. The number of anilines is 2. The summed E-state index contributed by atoms with van der Waals surface area (Å²) in [4.78, 5) is 0. The van der Waals surface area contributed by atoms with E-state index in [1.807, 2.05) is 36.4 Å². The van der Waals surface area contributed by atoms with Gasteiger partial charge in [0.1, 0.15) is 0 Å². The summed E-state index contributed by atoms with van der Waals surface area (Å²) in [5.74, 6) is 0. The van der Waals surface area contributed by atoms with Crippen molar-refractivity contribution in [3.63, 3.8) is 0 Å². The molecule has 0 aromatic heterocycles. The Kier molecular flexibility index (Phi) is 4.27. The van der Waals surface area contributed by atoms with Gasteiger partial charge in [-0.25, -0.2) is 0 Å². The minimum atomic E-state index is -2.41. The second-order valence-electron chi connectivity index (χ2n) is 6.42. The quantitative estimate of drug-likeness (QED) is 0.672. The normalized spacial score (nSPS) is 12.4. The highest BCUT2D eigenvalue weighted by Crippen LogP contribution is 2.19. The molecule has 0 saturated carbocycles.